The Morgan fingerprint density at radius 1 is 1.28 bits per heavy atom. The Morgan fingerprint density at radius 2 is 1.83 bits per heavy atom. The van der Waals surface area contributed by atoms with Gasteiger partial charge in [0.15, 0.2) is 0 Å². The van der Waals surface area contributed by atoms with Gasteiger partial charge in [-0.25, -0.2) is 8.42 Å². The van der Waals surface area contributed by atoms with Gasteiger partial charge in [0, 0.05) is 4.83 Å². The van der Waals surface area contributed by atoms with Gasteiger partial charge in [0.1, 0.15) is 10.1 Å². The first kappa shape index (κ1) is 19.2. The quantitative estimate of drug-likeness (QED) is 0.411. The summed E-state index contributed by atoms with van der Waals surface area (Å²) in [5, 5.41) is 0. The fourth-order valence-corrected chi connectivity index (χ4v) is 2.74. The van der Waals surface area contributed by atoms with Crippen molar-refractivity contribution in [3.8, 4) is 0 Å². The molecular weight excluding hydrogens is 343 g/mol. The Hall–Kier alpha value is 1.25. The summed E-state index contributed by atoms with van der Waals surface area (Å²) in [7, 11) is -4.32. The van der Waals surface area contributed by atoms with Gasteiger partial charge in [-0.15, -0.1) is 0 Å². The van der Waals surface area contributed by atoms with Crippen LogP contribution >= 0.6 is 15.9 Å². The van der Waals surface area contributed by atoms with E-state index in [1.54, 1.807) is 12.1 Å². The normalized spacial score (nSPS) is 12.8. The third-order valence-corrected chi connectivity index (χ3v) is 4.17. The second-order valence-corrected chi connectivity index (χ2v) is 6.72. The summed E-state index contributed by atoms with van der Waals surface area (Å²) in [6, 6.07) is 6.14. The molecule has 18 heavy (non-hydrogen) atoms. The predicted molar refractivity (Wildman–Crippen MR) is 70.3 cm³/mol. The van der Waals surface area contributed by atoms with E-state index in [-0.39, 0.29) is 56.3 Å². The molecule has 1 aromatic carbocycles. The van der Waals surface area contributed by atoms with E-state index in [0.717, 1.165) is 24.8 Å². The summed E-state index contributed by atoms with van der Waals surface area (Å²) in [6.45, 7) is 2.15. The molecule has 0 saturated carbocycles. The third kappa shape index (κ3) is 7.14. The molecule has 0 amide bonds. The van der Waals surface area contributed by atoms with Gasteiger partial charge in [0.05, 0.1) is 4.90 Å². The van der Waals surface area contributed by atoms with E-state index in [2.05, 4.69) is 22.9 Å². The van der Waals surface area contributed by atoms with Crippen LogP contribution in [0.15, 0.2) is 29.2 Å². The standard InChI is InChI=1S/C12H17BrO3S.K/c1-2-3-4-11(13)9-10-5-7-12(8-6-10)17(14,15)16;/h5-8,11H,2-4,9H2,1H3,(H,14,15,16);/q;+1/p-1. The summed E-state index contributed by atoms with van der Waals surface area (Å²) < 4.78 is 32.2. The average Bonchev–Trinajstić information content (AvgIpc) is 2.26. The molecule has 0 saturated heterocycles. The van der Waals surface area contributed by atoms with Crippen molar-refractivity contribution in [3.05, 3.63) is 29.8 Å². The Bertz CT molecular complexity index is 445. The minimum atomic E-state index is -4.32. The zero-order chi connectivity index (χ0) is 12.9. The molecule has 0 aliphatic heterocycles. The number of halogens is 1. The molecule has 0 aliphatic carbocycles. The Balaban J connectivity index is 0.00000289. The Kier molecular flexibility index (Phi) is 9.87. The van der Waals surface area contributed by atoms with Crippen LogP contribution in [-0.4, -0.2) is 17.8 Å². The van der Waals surface area contributed by atoms with Crippen molar-refractivity contribution < 1.29 is 64.4 Å². The van der Waals surface area contributed by atoms with Crippen molar-refractivity contribution in [1.82, 2.24) is 0 Å². The molecule has 1 aromatic rings. The van der Waals surface area contributed by atoms with Crippen LogP contribution in [0.1, 0.15) is 31.7 Å². The van der Waals surface area contributed by atoms with Gasteiger partial charge >= 0.3 is 51.4 Å². The van der Waals surface area contributed by atoms with Crippen molar-refractivity contribution >= 4 is 26.0 Å². The SMILES string of the molecule is CCCCC(Br)Cc1ccc(S(=O)(=O)[O-])cc1.[K+]. The van der Waals surface area contributed by atoms with Gasteiger partial charge in [-0.05, 0) is 30.5 Å². The topological polar surface area (TPSA) is 57.2 Å². The molecule has 0 spiro atoms. The maximum Gasteiger partial charge on any atom is 1.00 e. The minimum absolute atomic E-state index is 0. The smallest absolute Gasteiger partial charge is 0.744 e. The van der Waals surface area contributed by atoms with Crippen LogP contribution in [0.4, 0.5) is 0 Å². The van der Waals surface area contributed by atoms with Gasteiger partial charge in [-0.3, -0.25) is 0 Å². The first-order valence-electron chi connectivity index (χ1n) is 5.62. The zero-order valence-corrected chi connectivity index (χ0v) is 16.3. The molecule has 3 nitrogen and oxygen atoms in total. The summed E-state index contributed by atoms with van der Waals surface area (Å²) in [6.07, 6.45) is 4.27. The molecule has 0 fully saturated rings. The van der Waals surface area contributed by atoms with Crippen molar-refractivity contribution in [2.75, 3.05) is 0 Å². The van der Waals surface area contributed by atoms with Crippen LogP contribution < -0.4 is 51.4 Å². The zero-order valence-electron chi connectivity index (χ0n) is 10.7. The first-order chi connectivity index (χ1) is 7.93. The van der Waals surface area contributed by atoms with Gasteiger partial charge < -0.3 is 4.55 Å². The van der Waals surface area contributed by atoms with Crippen LogP contribution in [0.2, 0.25) is 0 Å². The molecule has 0 aromatic heterocycles. The first-order valence-corrected chi connectivity index (χ1v) is 7.94. The van der Waals surface area contributed by atoms with E-state index in [1.807, 2.05) is 0 Å². The number of benzene rings is 1. The number of rotatable bonds is 6. The van der Waals surface area contributed by atoms with Crippen molar-refractivity contribution in [2.24, 2.45) is 0 Å². The molecular formula is C12H16BrKO3S. The van der Waals surface area contributed by atoms with Crippen LogP contribution in [-0.2, 0) is 16.5 Å². The summed E-state index contributed by atoms with van der Waals surface area (Å²) >= 11 is 3.59. The fourth-order valence-electron chi connectivity index (χ4n) is 1.58. The van der Waals surface area contributed by atoms with Gasteiger partial charge in [0.2, 0.25) is 0 Å². The summed E-state index contributed by atoms with van der Waals surface area (Å²) in [5.41, 5.74) is 1.04. The van der Waals surface area contributed by atoms with Crippen LogP contribution in [0.3, 0.4) is 0 Å². The molecule has 1 unspecified atom stereocenters. The van der Waals surface area contributed by atoms with Gasteiger partial charge in [0.25, 0.3) is 0 Å². The summed E-state index contributed by atoms with van der Waals surface area (Å²) in [5.74, 6) is 0. The Labute approximate surface area is 160 Å². The molecule has 0 aliphatic rings. The molecule has 1 rings (SSSR count). The van der Waals surface area contributed by atoms with Crippen molar-refractivity contribution in [3.63, 3.8) is 0 Å². The van der Waals surface area contributed by atoms with E-state index in [9.17, 15) is 13.0 Å². The molecule has 0 bridgehead atoms. The number of hydrogen-bond donors (Lipinski definition) is 0. The van der Waals surface area contributed by atoms with Gasteiger partial charge in [-0.2, -0.15) is 0 Å². The molecule has 1 atom stereocenters. The van der Waals surface area contributed by atoms with E-state index < -0.39 is 10.1 Å². The molecule has 96 valence electrons. The van der Waals surface area contributed by atoms with Crippen LogP contribution in [0.25, 0.3) is 0 Å². The third-order valence-electron chi connectivity index (χ3n) is 2.54. The van der Waals surface area contributed by atoms with Crippen molar-refractivity contribution in [2.45, 2.75) is 42.3 Å². The number of unbranched alkanes of at least 4 members (excludes halogenated alkanes) is 1. The second-order valence-electron chi connectivity index (χ2n) is 4.04. The van der Waals surface area contributed by atoms with E-state index in [4.69, 9.17) is 0 Å². The number of hydrogen-bond acceptors (Lipinski definition) is 3. The molecule has 0 radical (unpaired) electrons. The Morgan fingerprint density at radius 3 is 2.28 bits per heavy atom. The molecule has 0 heterocycles. The van der Waals surface area contributed by atoms with Crippen molar-refractivity contribution in [1.29, 1.82) is 0 Å². The van der Waals surface area contributed by atoms with E-state index in [1.165, 1.54) is 18.6 Å². The van der Waals surface area contributed by atoms with Crippen LogP contribution in [0.5, 0.6) is 0 Å². The van der Waals surface area contributed by atoms with E-state index in [0.29, 0.717) is 4.83 Å². The predicted octanol–water partition coefficient (Wildman–Crippen LogP) is 0.0909. The average molecular weight is 359 g/mol. The largest absolute Gasteiger partial charge is 1.00 e. The summed E-state index contributed by atoms with van der Waals surface area (Å²) in [4.78, 5) is 0.234. The second kappa shape index (κ2) is 9.23. The molecule has 0 N–H and O–H groups in total. The monoisotopic (exact) mass is 358 g/mol. The van der Waals surface area contributed by atoms with Gasteiger partial charge in [-0.1, -0.05) is 47.8 Å². The fraction of sp³-hybridized carbons (Fsp3) is 0.500. The number of alkyl halides is 1. The van der Waals surface area contributed by atoms with E-state index >= 15 is 0 Å². The minimum Gasteiger partial charge on any atom is -0.744 e. The maximum absolute atomic E-state index is 10.7. The van der Waals surface area contributed by atoms with Crippen LogP contribution in [0, 0.1) is 0 Å². The molecule has 6 heteroatoms. The maximum atomic E-state index is 10.7.